The molecule has 58 valence electrons. The van der Waals surface area contributed by atoms with Gasteiger partial charge in [0.1, 0.15) is 0 Å². The zero-order valence-corrected chi connectivity index (χ0v) is 6.21. The fourth-order valence-corrected chi connectivity index (χ4v) is 0.761. The zero-order chi connectivity index (χ0) is 7.82. The molecule has 0 bridgehead atoms. The van der Waals surface area contributed by atoms with Crippen LogP contribution >= 0.6 is 0 Å². The van der Waals surface area contributed by atoms with Crippen molar-refractivity contribution in [3.63, 3.8) is 0 Å². The van der Waals surface area contributed by atoms with E-state index in [0.29, 0.717) is 6.42 Å². The molecule has 0 aliphatic carbocycles. The van der Waals surface area contributed by atoms with E-state index in [4.69, 9.17) is 16.7 Å². The lowest BCUT2D eigenvalue weighted by Gasteiger charge is -2.02. The molecular weight excluding hydrogens is 126 g/mol. The van der Waals surface area contributed by atoms with Gasteiger partial charge in [0, 0.05) is 6.42 Å². The molecule has 0 saturated carbocycles. The minimum Gasteiger partial charge on any atom is -0.316 e. The van der Waals surface area contributed by atoms with E-state index in [2.05, 4.69) is 6.07 Å². The van der Waals surface area contributed by atoms with E-state index >= 15 is 0 Å². The third-order valence-corrected chi connectivity index (χ3v) is 1.33. The van der Waals surface area contributed by atoms with E-state index in [-0.39, 0.29) is 6.17 Å². The van der Waals surface area contributed by atoms with Crippen LogP contribution in [0.4, 0.5) is 0 Å². The van der Waals surface area contributed by atoms with Crippen LogP contribution < -0.4 is 11.5 Å². The molecule has 0 aliphatic rings. The lowest BCUT2D eigenvalue weighted by molar-refractivity contribution is 0.568. The van der Waals surface area contributed by atoms with Crippen LogP contribution in [0.5, 0.6) is 0 Å². The van der Waals surface area contributed by atoms with Crippen LogP contribution in [0.2, 0.25) is 0 Å². The lowest BCUT2D eigenvalue weighted by Crippen LogP contribution is -2.29. The van der Waals surface area contributed by atoms with E-state index in [1.165, 1.54) is 0 Å². The second-order valence-electron chi connectivity index (χ2n) is 2.42. The maximum absolute atomic E-state index is 8.18. The Kier molecular flexibility index (Phi) is 6.14. The van der Waals surface area contributed by atoms with Crippen LogP contribution in [0.15, 0.2) is 0 Å². The molecule has 0 fully saturated rings. The van der Waals surface area contributed by atoms with Gasteiger partial charge in [0.05, 0.1) is 12.2 Å². The highest BCUT2D eigenvalue weighted by Gasteiger charge is 1.93. The molecule has 0 spiro atoms. The van der Waals surface area contributed by atoms with Crippen LogP contribution in [0.1, 0.15) is 32.1 Å². The number of nitriles is 1. The smallest absolute Gasteiger partial charge is 0.0621 e. The van der Waals surface area contributed by atoms with E-state index in [1.54, 1.807) is 0 Å². The first-order valence-electron chi connectivity index (χ1n) is 3.65. The van der Waals surface area contributed by atoms with Gasteiger partial charge in [-0.3, -0.25) is 0 Å². The van der Waals surface area contributed by atoms with Crippen LogP contribution in [-0.2, 0) is 0 Å². The van der Waals surface area contributed by atoms with E-state index in [1.807, 2.05) is 0 Å². The van der Waals surface area contributed by atoms with Gasteiger partial charge in [0.15, 0.2) is 0 Å². The Hall–Kier alpha value is -0.590. The van der Waals surface area contributed by atoms with Crippen molar-refractivity contribution >= 4 is 0 Å². The highest BCUT2D eigenvalue weighted by molar-refractivity contribution is 4.68. The summed E-state index contributed by atoms with van der Waals surface area (Å²) < 4.78 is 0. The molecule has 3 heteroatoms. The van der Waals surface area contributed by atoms with E-state index < -0.39 is 0 Å². The third-order valence-electron chi connectivity index (χ3n) is 1.33. The summed E-state index contributed by atoms with van der Waals surface area (Å²) >= 11 is 0. The van der Waals surface area contributed by atoms with Gasteiger partial charge in [-0.15, -0.1) is 0 Å². The predicted molar refractivity (Wildman–Crippen MR) is 40.9 cm³/mol. The molecule has 4 N–H and O–H groups in total. The van der Waals surface area contributed by atoms with Crippen molar-refractivity contribution in [2.45, 2.75) is 38.3 Å². The van der Waals surface area contributed by atoms with E-state index in [9.17, 15) is 0 Å². The van der Waals surface area contributed by atoms with Crippen molar-refractivity contribution < 1.29 is 0 Å². The summed E-state index contributed by atoms with van der Waals surface area (Å²) in [6.07, 6.45) is 4.42. The molecule has 0 aromatic heterocycles. The van der Waals surface area contributed by atoms with Gasteiger partial charge in [0.25, 0.3) is 0 Å². The highest BCUT2D eigenvalue weighted by atomic mass is 14.8. The van der Waals surface area contributed by atoms with Gasteiger partial charge in [-0.1, -0.05) is 12.8 Å². The molecule has 10 heavy (non-hydrogen) atoms. The molecule has 0 aliphatic heterocycles. The summed E-state index contributed by atoms with van der Waals surface area (Å²) in [5, 5.41) is 8.18. The summed E-state index contributed by atoms with van der Waals surface area (Å²) in [6, 6.07) is 2.09. The van der Waals surface area contributed by atoms with E-state index in [0.717, 1.165) is 25.7 Å². The molecule has 0 aromatic carbocycles. The first kappa shape index (κ1) is 9.41. The zero-order valence-electron chi connectivity index (χ0n) is 6.21. The van der Waals surface area contributed by atoms with Crippen LogP contribution in [-0.4, -0.2) is 6.17 Å². The Bertz CT molecular complexity index is 104. The van der Waals surface area contributed by atoms with Crippen molar-refractivity contribution in [3.05, 3.63) is 0 Å². The number of rotatable bonds is 5. The SMILES string of the molecule is N#CCCCCCC(N)N. The number of hydrogen-bond acceptors (Lipinski definition) is 3. The molecule has 0 radical (unpaired) electrons. The standard InChI is InChI=1S/C7H15N3/c8-6-4-2-1-3-5-7(9)10/h7H,1-5,9-10H2. The molecule has 0 amide bonds. The molecular formula is C7H15N3. The van der Waals surface area contributed by atoms with Crippen LogP contribution in [0.25, 0.3) is 0 Å². The third kappa shape index (κ3) is 7.41. The van der Waals surface area contributed by atoms with Gasteiger partial charge < -0.3 is 11.5 Å². The van der Waals surface area contributed by atoms with Gasteiger partial charge in [-0.2, -0.15) is 5.26 Å². The van der Waals surface area contributed by atoms with Gasteiger partial charge in [-0.05, 0) is 12.8 Å². The quantitative estimate of drug-likeness (QED) is 0.437. The maximum Gasteiger partial charge on any atom is 0.0621 e. The van der Waals surface area contributed by atoms with Crippen molar-refractivity contribution in [2.24, 2.45) is 11.5 Å². The second-order valence-corrected chi connectivity index (χ2v) is 2.42. The Morgan fingerprint density at radius 2 is 1.90 bits per heavy atom. The molecule has 0 unspecified atom stereocenters. The average Bonchev–Trinajstić information content (AvgIpc) is 1.87. The first-order chi connectivity index (χ1) is 4.77. The summed E-state index contributed by atoms with van der Waals surface area (Å²) in [5.41, 5.74) is 10.6. The summed E-state index contributed by atoms with van der Waals surface area (Å²) in [7, 11) is 0. The first-order valence-corrected chi connectivity index (χ1v) is 3.65. The Morgan fingerprint density at radius 1 is 1.20 bits per heavy atom. The second kappa shape index (κ2) is 6.53. The monoisotopic (exact) mass is 141 g/mol. The summed E-state index contributed by atoms with van der Waals surface area (Å²) in [6.45, 7) is 0. The normalized spacial score (nSPS) is 9.80. The molecule has 0 saturated heterocycles. The molecule has 0 atom stereocenters. The van der Waals surface area contributed by atoms with Crippen molar-refractivity contribution in [1.29, 1.82) is 5.26 Å². The topological polar surface area (TPSA) is 75.8 Å². The van der Waals surface area contributed by atoms with Crippen molar-refractivity contribution in [1.82, 2.24) is 0 Å². The Labute approximate surface area is 62.0 Å². The van der Waals surface area contributed by atoms with Gasteiger partial charge in [0.2, 0.25) is 0 Å². The predicted octanol–water partition coefficient (Wildman–Crippen LogP) is 0.704. The maximum atomic E-state index is 8.18. The van der Waals surface area contributed by atoms with Gasteiger partial charge >= 0.3 is 0 Å². The van der Waals surface area contributed by atoms with Crippen molar-refractivity contribution in [3.8, 4) is 6.07 Å². The molecule has 3 nitrogen and oxygen atoms in total. The lowest BCUT2D eigenvalue weighted by atomic mass is 10.1. The number of hydrogen-bond donors (Lipinski definition) is 2. The summed E-state index contributed by atoms with van der Waals surface area (Å²) in [5.74, 6) is 0. The Morgan fingerprint density at radius 3 is 2.40 bits per heavy atom. The van der Waals surface area contributed by atoms with Gasteiger partial charge in [-0.25, -0.2) is 0 Å². The number of unbranched alkanes of at least 4 members (excludes halogenated alkanes) is 3. The minimum atomic E-state index is -0.179. The largest absolute Gasteiger partial charge is 0.316 e. The van der Waals surface area contributed by atoms with Crippen LogP contribution in [0.3, 0.4) is 0 Å². The Balaban J connectivity index is 2.86. The summed E-state index contributed by atoms with van der Waals surface area (Å²) in [4.78, 5) is 0. The molecule has 0 heterocycles. The molecule has 0 aromatic rings. The fourth-order valence-electron chi connectivity index (χ4n) is 0.761. The van der Waals surface area contributed by atoms with Crippen molar-refractivity contribution in [2.75, 3.05) is 0 Å². The fraction of sp³-hybridized carbons (Fsp3) is 0.857. The molecule has 0 rings (SSSR count). The minimum absolute atomic E-state index is 0.179. The number of nitrogens with zero attached hydrogens (tertiary/aromatic N) is 1. The number of nitrogens with two attached hydrogens (primary N) is 2. The average molecular weight is 141 g/mol. The highest BCUT2D eigenvalue weighted by Crippen LogP contribution is 2.01. The van der Waals surface area contributed by atoms with Crippen LogP contribution in [0, 0.1) is 11.3 Å².